The van der Waals surface area contributed by atoms with Gasteiger partial charge in [-0.3, -0.25) is 4.79 Å². The molecule has 0 unspecified atom stereocenters. The molecule has 0 aliphatic rings. The Kier molecular flexibility index (Phi) is 8.62. The van der Waals surface area contributed by atoms with Crippen LogP contribution < -0.4 is 9.64 Å². The number of carbonyl (C=O) groups is 1. The maximum Gasteiger partial charge on any atom is 0.303 e. The Labute approximate surface area is 187 Å². The van der Waals surface area contributed by atoms with Crippen molar-refractivity contribution in [1.29, 1.82) is 0 Å². The number of ether oxygens (including phenoxy) is 1. The first kappa shape index (κ1) is 22.8. The second-order valence-corrected chi connectivity index (χ2v) is 7.17. The van der Waals surface area contributed by atoms with Crippen molar-refractivity contribution in [2.45, 2.75) is 19.4 Å². The lowest BCUT2D eigenvalue weighted by molar-refractivity contribution is -0.136. The van der Waals surface area contributed by atoms with Gasteiger partial charge in [0, 0.05) is 19.7 Å². The number of rotatable bonds is 12. The van der Waals surface area contributed by atoms with Crippen molar-refractivity contribution in [2.24, 2.45) is 5.16 Å². The van der Waals surface area contributed by atoms with Crippen LogP contribution in [-0.4, -0.2) is 42.0 Å². The van der Waals surface area contributed by atoms with E-state index >= 15 is 0 Å². The molecule has 1 N–H and O–H groups in total. The third-order valence-corrected chi connectivity index (χ3v) is 4.75. The molecular formula is C25H27N3O4. The third-order valence-electron chi connectivity index (χ3n) is 4.75. The van der Waals surface area contributed by atoms with Crippen LogP contribution >= 0.6 is 0 Å². The normalized spacial score (nSPS) is 11.1. The zero-order valence-electron chi connectivity index (χ0n) is 18.1. The fourth-order valence-electron chi connectivity index (χ4n) is 2.96. The van der Waals surface area contributed by atoms with E-state index in [1.807, 2.05) is 84.7 Å². The maximum atomic E-state index is 10.9. The first-order valence-corrected chi connectivity index (χ1v) is 10.4. The number of hydrogen-bond acceptors (Lipinski definition) is 6. The largest absolute Gasteiger partial charge is 0.492 e. The van der Waals surface area contributed by atoms with Gasteiger partial charge in [0.2, 0.25) is 0 Å². The van der Waals surface area contributed by atoms with E-state index in [-0.39, 0.29) is 13.0 Å². The zero-order chi connectivity index (χ0) is 22.6. The molecule has 0 saturated carbocycles. The molecule has 1 heterocycles. The van der Waals surface area contributed by atoms with E-state index in [9.17, 15) is 4.79 Å². The van der Waals surface area contributed by atoms with Crippen LogP contribution in [0.25, 0.3) is 0 Å². The summed E-state index contributed by atoms with van der Waals surface area (Å²) in [6, 6.07) is 22.9. The molecule has 7 nitrogen and oxygen atoms in total. The van der Waals surface area contributed by atoms with Crippen molar-refractivity contribution in [3.05, 3.63) is 90.1 Å². The average Bonchev–Trinajstić information content (AvgIpc) is 2.83. The number of aromatic nitrogens is 1. The smallest absolute Gasteiger partial charge is 0.303 e. The minimum absolute atomic E-state index is 0.00134. The molecule has 32 heavy (non-hydrogen) atoms. The van der Waals surface area contributed by atoms with E-state index in [0.29, 0.717) is 18.7 Å². The summed E-state index contributed by atoms with van der Waals surface area (Å²) in [6.07, 6.45) is 2.07. The van der Waals surface area contributed by atoms with Crippen LogP contribution in [0.3, 0.4) is 0 Å². The lowest BCUT2D eigenvalue weighted by atomic mass is 10.1. The van der Waals surface area contributed by atoms with Gasteiger partial charge in [0.1, 0.15) is 24.8 Å². The SMILES string of the molecule is CN(CCOc1ccc(CO/N=C(\CCC(=O)O)c2ccccc2)cc1)c1ccccn1. The molecule has 0 fully saturated rings. The first-order valence-electron chi connectivity index (χ1n) is 10.4. The molecule has 2 aromatic carbocycles. The van der Waals surface area contributed by atoms with E-state index in [2.05, 4.69) is 10.1 Å². The highest BCUT2D eigenvalue weighted by atomic mass is 16.6. The van der Waals surface area contributed by atoms with Crippen molar-refractivity contribution in [3.63, 3.8) is 0 Å². The van der Waals surface area contributed by atoms with Gasteiger partial charge in [0.15, 0.2) is 0 Å². The fourth-order valence-corrected chi connectivity index (χ4v) is 2.96. The van der Waals surface area contributed by atoms with Crippen LogP contribution in [0.15, 0.2) is 84.1 Å². The van der Waals surface area contributed by atoms with Crippen LogP contribution in [0.5, 0.6) is 5.75 Å². The summed E-state index contributed by atoms with van der Waals surface area (Å²) >= 11 is 0. The zero-order valence-corrected chi connectivity index (χ0v) is 18.1. The van der Waals surface area contributed by atoms with E-state index < -0.39 is 5.97 Å². The fraction of sp³-hybridized carbons (Fsp3) is 0.240. The van der Waals surface area contributed by atoms with Gasteiger partial charge in [-0.25, -0.2) is 4.98 Å². The third kappa shape index (κ3) is 7.43. The summed E-state index contributed by atoms with van der Waals surface area (Å²) in [4.78, 5) is 22.8. The summed E-state index contributed by atoms with van der Waals surface area (Å²) in [5.41, 5.74) is 2.41. The number of hydrogen-bond donors (Lipinski definition) is 1. The van der Waals surface area contributed by atoms with Gasteiger partial charge < -0.3 is 19.6 Å². The minimum atomic E-state index is -0.865. The van der Waals surface area contributed by atoms with Crippen LogP contribution in [0.1, 0.15) is 24.0 Å². The molecule has 0 saturated heterocycles. The van der Waals surface area contributed by atoms with Crippen molar-refractivity contribution >= 4 is 17.5 Å². The number of oxime groups is 1. The van der Waals surface area contributed by atoms with E-state index in [0.717, 1.165) is 29.2 Å². The molecule has 0 amide bonds. The molecule has 0 aliphatic carbocycles. The Bertz CT molecular complexity index is 993. The topological polar surface area (TPSA) is 84.2 Å². The van der Waals surface area contributed by atoms with E-state index in [4.69, 9.17) is 14.7 Å². The first-order chi connectivity index (χ1) is 15.6. The summed E-state index contributed by atoms with van der Waals surface area (Å²) in [7, 11) is 1.98. The highest BCUT2D eigenvalue weighted by Crippen LogP contribution is 2.14. The number of carboxylic acid groups (broad SMARTS) is 1. The van der Waals surface area contributed by atoms with Crippen molar-refractivity contribution in [1.82, 2.24) is 4.98 Å². The number of benzene rings is 2. The van der Waals surface area contributed by atoms with Gasteiger partial charge in [-0.05, 0) is 35.4 Å². The summed E-state index contributed by atoms with van der Waals surface area (Å²) in [5, 5.41) is 13.2. The summed E-state index contributed by atoms with van der Waals surface area (Å²) in [6.45, 7) is 1.54. The Morgan fingerprint density at radius 2 is 1.75 bits per heavy atom. The molecular weight excluding hydrogens is 406 g/mol. The van der Waals surface area contributed by atoms with Crippen LogP contribution in [0.2, 0.25) is 0 Å². The number of anilines is 1. The molecule has 166 valence electrons. The Morgan fingerprint density at radius 1 is 1.00 bits per heavy atom. The molecule has 0 aliphatic heterocycles. The lowest BCUT2D eigenvalue weighted by Crippen LogP contribution is -2.24. The van der Waals surface area contributed by atoms with E-state index in [1.165, 1.54) is 0 Å². The number of nitrogens with zero attached hydrogens (tertiary/aromatic N) is 3. The van der Waals surface area contributed by atoms with Crippen molar-refractivity contribution < 1.29 is 19.5 Å². The highest BCUT2D eigenvalue weighted by Gasteiger charge is 2.08. The Balaban J connectivity index is 1.48. The second kappa shape index (κ2) is 12.1. The van der Waals surface area contributed by atoms with Gasteiger partial charge in [-0.2, -0.15) is 0 Å². The van der Waals surface area contributed by atoms with Crippen LogP contribution in [-0.2, 0) is 16.2 Å². The number of pyridine rings is 1. The minimum Gasteiger partial charge on any atom is -0.492 e. The number of carboxylic acids is 1. The monoisotopic (exact) mass is 433 g/mol. The number of likely N-dealkylation sites (N-methyl/N-ethyl adjacent to an activating group) is 1. The molecule has 0 bridgehead atoms. The molecule has 0 radical (unpaired) electrons. The predicted molar refractivity (Wildman–Crippen MR) is 124 cm³/mol. The highest BCUT2D eigenvalue weighted by molar-refractivity contribution is 6.01. The average molecular weight is 434 g/mol. The lowest BCUT2D eigenvalue weighted by Gasteiger charge is -2.18. The van der Waals surface area contributed by atoms with Crippen molar-refractivity contribution in [2.75, 3.05) is 25.1 Å². The quantitative estimate of drug-likeness (QED) is 0.337. The Morgan fingerprint density at radius 3 is 2.44 bits per heavy atom. The van der Waals surface area contributed by atoms with Crippen LogP contribution in [0, 0.1) is 0 Å². The molecule has 0 atom stereocenters. The predicted octanol–water partition coefficient (Wildman–Crippen LogP) is 4.38. The molecule has 3 rings (SSSR count). The maximum absolute atomic E-state index is 10.9. The molecule has 3 aromatic rings. The van der Waals surface area contributed by atoms with Crippen LogP contribution in [0.4, 0.5) is 5.82 Å². The standard InChI is InChI=1S/C25H27N3O4/c1-28(24-9-5-6-16-26-24)17-18-31-22-12-10-20(11-13-22)19-32-27-23(14-15-25(29)30)21-7-3-2-4-8-21/h2-13,16H,14-15,17-19H2,1H3,(H,29,30)/b27-23+. The van der Waals surface area contributed by atoms with Gasteiger partial charge >= 0.3 is 5.97 Å². The molecule has 7 heteroatoms. The van der Waals surface area contributed by atoms with Gasteiger partial charge in [-0.1, -0.05) is 53.7 Å². The molecule has 0 spiro atoms. The van der Waals surface area contributed by atoms with Gasteiger partial charge in [-0.15, -0.1) is 0 Å². The molecule has 1 aromatic heterocycles. The van der Waals surface area contributed by atoms with Crippen molar-refractivity contribution in [3.8, 4) is 5.75 Å². The number of aliphatic carboxylic acids is 1. The summed E-state index contributed by atoms with van der Waals surface area (Å²) in [5.74, 6) is 0.816. The summed E-state index contributed by atoms with van der Waals surface area (Å²) < 4.78 is 5.81. The van der Waals surface area contributed by atoms with Gasteiger partial charge in [0.05, 0.1) is 18.7 Å². The van der Waals surface area contributed by atoms with Gasteiger partial charge in [0.25, 0.3) is 0 Å². The second-order valence-electron chi connectivity index (χ2n) is 7.17. The Hall–Kier alpha value is -3.87. The van der Waals surface area contributed by atoms with E-state index in [1.54, 1.807) is 6.20 Å².